The van der Waals surface area contributed by atoms with Crippen molar-refractivity contribution in [2.45, 2.75) is 38.1 Å². The van der Waals surface area contributed by atoms with E-state index in [1.54, 1.807) is 6.08 Å². The summed E-state index contributed by atoms with van der Waals surface area (Å²) in [5.41, 5.74) is 1.81. The predicted octanol–water partition coefficient (Wildman–Crippen LogP) is 1.48. The van der Waals surface area contributed by atoms with Crippen LogP contribution in [0.3, 0.4) is 0 Å². The van der Waals surface area contributed by atoms with Gasteiger partial charge in [0.1, 0.15) is 22.0 Å². The number of nitriles is 1. The van der Waals surface area contributed by atoms with E-state index >= 15 is 0 Å². The van der Waals surface area contributed by atoms with Crippen LogP contribution in [0.4, 0.5) is 5.69 Å². The highest BCUT2D eigenvalue weighted by Gasteiger charge is 2.26. The van der Waals surface area contributed by atoms with E-state index < -0.39 is 17.1 Å². The molecular formula is C22H32N4O4S. The maximum absolute atomic E-state index is 12.5. The third-order valence-electron chi connectivity index (χ3n) is 5.39. The van der Waals surface area contributed by atoms with Gasteiger partial charge in [-0.1, -0.05) is 12.1 Å². The fraction of sp³-hybridized carbons (Fsp3) is 0.591. The molecule has 2 aliphatic rings. The van der Waals surface area contributed by atoms with Crippen LogP contribution >= 0.6 is 0 Å². The Morgan fingerprint density at radius 2 is 2.06 bits per heavy atom. The molecule has 4 unspecified atom stereocenters. The first-order valence-electron chi connectivity index (χ1n) is 10.8. The largest absolute Gasteiger partial charge is 0.393 e. The molecule has 8 nitrogen and oxygen atoms in total. The second-order valence-electron chi connectivity index (χ2n) is 7.93. The molecule has 1 aromatic rings. The van der Waals surface area contributed by atoms with Crippen molar-refractivity contribution in [1.29, 1.82) is 5.26 Å². The van der Waals surface area contributed by atoms with E-state index in [2.05, 4.69) is 14.9 Å². The lowest BCUT2D eigenvalue weighted by atomic mass is 10.0. The van der Waals surface area contributed by atoms with Crippen LogP contribution in [0, 0.1) is 11.3 Å². The van der Waals surface area contributed by atoms with Crippen LogP contribution in [0.2, 0.25) is 0 Å². The summed E-state index contributed by atoms with van der Waals surface area (Å²) in [6.45, 7) is 7.59. The van der Waals surface area contributed by atoms with E-state index in [9.17, 15) is 14.6 Å². The van der Waals surface area contributed by atoms with Gasteiger partial charge in [0.15, 0.2) is 0 Å². The van der Waals surface area contributed by atoms with Gasteiger partial charge in [-0.15, -0.1) is 0 Å². The van der Waals surface area contributed by atoms with Crippen molar-refractivity contribution in [3.63, 3.8) is 0 Å². The number of hydrogen-bond donors (Lipinski definition) is 3. The third-order valence-corrected chi connectivity index (χ3v) is 6.42. The molecule has 31 heavy (non-hydrogen) atoms. The minimum absolute atomic E-state index is 0.0315. The minimum atomic E-state index is -1.64. The van der Waals surface area contributed by atoms with Crippen molar-refractivity contribution in [2.75, 3.05) is 51.3 Å². The van der Waals surface area contributed by atoms with Crippen LogP contribution in [0.15, 0.2) is 29.2 Å². The van der Waals surface area contributed by atoms with Crippen molar-refractivity contribution >= 4 is 22.7 Å². The highest BCUT2D eigenvalue weighted by Crippen LogP contribution is 2.19. The molecule has 3 rings (SSSR count). The maximum Gasteiger partial charge on any atom is 0.135 e. The summed E-state index contributed by atoms with van der Waals surface area (Å²) in [5.74, 6) is 0. The molecule has 0 radical (unpaired) electrons. The summed E-state index contributed by atoms with van der Waals surface area (Å²) in [5, 5.41) is 22.7. The number of allylic oxidation sites excluding steroid dienone is 1. The van der Waals surface area contributed by atoms with Crippen LogP contribution in [-0.2, 0) is 20.5 Å². The zero-order chi connectivity index (χ0) is 22.1. The lowest BCUT2D eigenvalue weighted by Crippen LogP contribution is -2.40. The number of anilines is 1. The van der Waals surface area contributed by atoms with E-state index in [4.69, 9.17) is 9.47 Å². The Kier molecular flexibility index (Phi) is 9.46. The van der Waals surface area contributed by atoms with Crippen LogP contribution in [0.1, 0.15) is 25.3 Å². The van der Waals surface area contributed by atoms with Gasteiger partial charge in [-0.25, -0.2) is 8.93 Å². The summed E-state index contributed by atoms with van der Waals surface area (Å²) < 4.78 is 26.5. The molecule has 0 spiro atoms. The molecule has 4 atom stereocenters. The van der Waals surface area contributed by atoms with Gasteiger partial charge >= 0.3 is 0 Å². The average Bonchev–Trinajstić information content (AvgIpc) is 2.77. The normalized spacial score (nSPS) is 26.2. The van der Waals surface area contributed by atoms with E-state index in [0.29, 0.717) is 19.4 Å². The van der Waals surface area contributed by atoms with E-state index in [-0.39, 0.29) is 17.1 Å². The lowest BCUT2D eigenvalue weighted by molar-refractivity contribution is -0.0840. The fourth-order valence-electron chi connectivity index (χ4n) is 3.76. The predicted molar refractivity (Wildman–Crippen MR) is 122 cm³/mol. The molecule has 0 aliphatic carbocycles. The number of morpholine rings is 1. The number of nitrogens with zero attached hydrogens (tertiary/aromatic N) is 2. The molecule has 0 amide bonds. The van der Waals surface area contributed by atoms with Crippen molar-refractivity contribution in [3.05, 3.63) is 34.7 Å². The summed E-state index contributed by atoms with van der Waals surface area (Å²) in [6.07, 6.45) is 2.08. The Labute approximate surface area is 186 Å². The number of benzene rings is 1. The van der Waals surface area contributed by atoms with Gasteiger partial charge < -0.3 is 19.9 Å². The first kappa shape index (κ1) is 23.9. The Morgan fingerprint density at radius 3 is 2.74 bits per heavy atom. The van der Waals surface area contributed by atoms with Crippen LogP contribution in [-0.4, -0.2) is 78.5 Å². The standard InChI is InChI=1S/C22H32N4O4S/c1-17-12-20(27)14-21(30-17)16-25-31(28)22(15-23)13-18-2-4-19(5-3-18)24-6-7-26-8-10-29-11-9-26/h2-5,13,17,20-21,24-25,27H,6-12,14,16H2,1H3/b22-13+. The molecular weight excluding hydrogens is 416 g/mol. The maximum atomic E-state index is 12.5. The van der Waals surface area contributed by atoms with Crippen molar-refractivity contribution in [1.82, 2.24) is 9.62 Å². The Balaban J connectivity index is 1.46. The van der Waals surface area contributed by atoms with Gasteiger partial charge in [-0.05, 0) is 37.1 Å². The van der Waals surface area contributed by atoms with Gasteiger partial charge in [-0.2, -0.15) is 5.26 Å². The first-order chi connectivity index (χ1) is 15.0. The molecule has 0 bridgehead atoms. The molecule has 2 saturated heterocycles. The summed E-state index contributed by atoms with van der Waals surface area (Å²) in [7, 11) is -1.64. The second kappa shape index (κ2) is 12.3. The Morgan fingerprint density at radius 1 is 1.32 bits per heavy atom. The smallest absolute Gasteiger partial charge is 0.135 e. The molecule has 9 heteroatoms. The van der Waals surface area contributed by atoms with Crippen LogP contribution < -0.4 is 10.0 Å². The molecule has 3 N–H and O–H groups in total. The highest BCUT2D eigenvalue weighted by molar-refractivity contribution is 7.87. The highest BCUT2D eigenvalue weighted by atomic mass is 32.2. The van der Waals surface area contributed by atoms with Crippen molar-refractivity contribution < 1.29 is 18.8 Å². The summed E-state index contributed by atoms with van der Waals surface area (Å²) in [6, 6.07) is 9.72. The van der Waals surface area contributed by atoms with Gasteiger partial charge in [0.2, 0.25) is 0 Å². The summed E-state index contributed by atoms with van der Waals surface area (Å²) >= 11 is 0. The number of aliphatic hydroxyl groups excluding tert-OH is 1. The molecule has 0 saturated carbocycles. The molecule has 2 fully saturated rings. The zero-order valence-electron chi connectivity index (χ0n) is 18.0. The van der Waals surface area contributed by atoms with Crippen molar-refractivity contribution in [3.8, 4) is 6.07 Å². The Hall–Kier alpha value is -1.80. The second-order valence-corrected chi connectivity index (χ2v) is 9.20. The summed E-state index contributed by atoms with van der Waals surface area (Å²) in [4.78, 5) is 2.52. The molecule has 1 aromatic carbocycles. The van der Waals surface area contributed by atoms with Crippen LogP contribution in [0.5, 0.6) is 0 Å². The average molecular weight is 449 g/mol. The van der Waals surface area contributed by atoms with Gasteiger partial charge in [-0.3, -0.25) is 4.90 Å². The van der Waals surface area contributed by atoms with E-state index in [0.717, 1.165) is 50.6 Å². The quantitative estimate of drug-likeness (QED) is 0.491. The molecule has 0 aromatic heterocycles. The lowest BCUT2D eigenvalue weighted by Gasteiger charge is -2.31. The number of nitrogens with one attached hydrogen (secondary N) is 2. The fourth-order valence-corrected chi connectivity index (χ4v) is 4.58. The number of aliphatic hydroxyl groups is 1. The monoisotopic (exact) mass is 448 g/mol. The van der Waals surface area contributed by atoms with Gasteiger partial charge in [0.05, 0.1) is 31.5 Å². The van der Waals surface area contributed by atoms with E-state index in [1.165, 1.54) is 0 Å². The number of rotatable bonds is 9. The number of hydrogen-bond acceptors (Lipinski definition) is 7. The SMILES string of the molecule is CC1CC(O)CC(CNS(=O)/C(C#N)=C/c2ccc(NCCN3CCOCC3)cc2)O1. The van der Waals surface area contributed by atoms with E-state index in [1.807, 2.05) is 37.3 Å². The molecule has 2 heterocycles. The number of ether oxygens (including phenoxy) is 2. The molecule has 170 valence electrons. The van der Waals surface area contributed by atoms with Gasteiger partial charge in [0, 0.05) is 44.8 Å². The van der Waals surface area contributed by atoms with Crippen molar-refractivity contribution in [2.24, 2.45) is 0 Å². The first-order valence-corrected chi connectivity index (χ1v) is 11.9. The third kappa shape index (κ3) is 8.00. The Bertz CT molecular complexity index is 780. The van der Waals surface area contributed by atoms with Gasteiger partial charge in [0.25, 0.3) is 0 Å². The van der Waals surface area contributed by atoms with Crippen LogP contribution in [0.25, 0.3) is 6.08 Å². The zero-order valence-corrected chi connectivity index (χ0v) is 18.8. The topological polar surface area (TPSA) is 107 Å². The molecule has 2 aliphatic heterocycles. The minimum Gasteiger partial charge on any atom is -0.393 e.